The van der Waals surface area contributed by atoms with Crippen molar-refractivity contribution in [3.63, 3.8) is 0 Å². The molecule has 0 saturated carbocycles. The molecule has 0 atom stereocenters. The third-order valence-corrected chi connectivity index (χ3v) is 6.01. The quantitative estimate of drug-likeness (QED) is 0.726. The molecule has 24 heavy (non-hydrogen) atoms. The van der Waals surface area contributed by atoms with E-state index in [4.69, 9.17) is 9.15 Å². The van der Waals surface area contributed by atoms with Crippen molar-refractivity contribution in [3.8, 4) is 16.5 Å². The summed E-state index contributed by atoms with van der Waals surface area (Å²) in [5.41, 5.74) is 0.781. The molecule has 0 aliphatic heterocycles. The van der Waals surface area contributed by atoms with Crippen LogP contribution < -0.4 is 9.46 Å². The number of aromatic nitrogens is 1. The molecule has 0 aliphatic rings. The molecule has 1 N–H and O–H groups in total. The number of hydrogen-bond donors (Lipinski definition) is 1. The molecule has 6 nitrogen and oxygen atoms in total. The standard InChI is InChI=1S/C16H16N2O4S2/c1-11-15(23-16(18-11)14-4-3-9-22-14)10-17-24(19,20)13-7-5-12(21-2)6-8-13/h3-9,17H,10H2,1-2H3. The van der Waals surface area contributed by atoms with Gasteiger partial charge in [-0.2, -0.15) is 0 Å². The predicted molar refractivity (Wildman–Crippen MR) is 91.6 cm³/mol. The summed E-state index contributed by atoms with van der Waals surface area (Å²) in [6.45, 7) is 2.03. The highest BCUT2D eigenvalue weighted by Crippen LogP contribution is 2.28. The smallest absolute Gasteiger partial charge is 0.240 e. The van der Waals surface area contributed by atoms with E-state index < -0.39 is 10.0 Å². The zero-order valence-corrected chi connectivity index (χ0v) is 14.8. The normalized spacial score (nSPS) is 11.6. The molecular formula is C16H16N2O4S2. The van der Waals surface area contributed by atoms with Gasteiger partial charge in [0, 0.05) is 11.4 Å². The molecule has 0 spiro atoms. The van der Waals surface area contributed by atoms with Crippen molar-refractivity contribution in [2.24, 2.45) is 0 Å². The maximum atomic E-state index is 12.4. The summed E-state index contributed by atoms with van der Waals surface area (Å²) >= 11 is 1.41. The molecule has 8 heteroatoms. The monoisotopic (exact) mass is 364 g/mol. The Hall–Kier alpha value is -2.16. The maximum Gasteiger partial charge on any atom is 0.240 e. The summed E-state index contributed by atoms with van der Waals surface area (Å²) in [5, 5.41) is 0.733. The number of hydrogen-bond acceptors (Lipinski definition) is 6. The van der Waals surface area contributed by atoms with Crippen LogP contribution in [-0.2, 0) is 16.6 Å². The van der Waals surface area contributed by atoms with Crippen LogP contribution in [0.15, 0.2) is 52.0 Å². The fraction of sp³-hybridized carbons (Fsp3) is 0.188. The lowest BCUT2D eigenvalue weighted by Crippen LogP contribution is -2.23. The summed E-state index contributed by atoms with van der Waals surface area (Å²) in [6, 6.07) is 9.86. The molecule has 2 aromatic heterocycles. The van der Waals surface area contributed by atoms with Gasteiger partial charge in [-0.15, -0.1) is 11.3 Å². The van der Waals surface area contributed by atoms with E-state index in [1.165, 1.54) is 30.6 Å². The molecule has 0 saturated heterocycles. The first-order chi connectivity index (χ1) is 11.5. The predicted octanol–water partition coefficient (Wildman–Crippen LogP) is 3.20. The highest BCUT2D eigenvalue weighted by Gasteiger charge is 2.17. The van der Waals surface area contributed by atoms with Crippen molar-refractivity contribution in [1.29, 1.82) is 0 Å². The fourth-order valence-electron chi connectivity index (χ4n) is 2.10. The molecule has 1 aromatic carbocycles. The Morgan fingerprint density at radius 1 is 1.25 bits per heavy atom. The van der Waals surface area contributed by atoms with Crippen LogP contribution in [0.25, 0.3) is 10.8 Å². The van der Waals surface area contributed by atoms with Crippen LogP contribution in [0.2, 0.25) is 0 Å². The van der Waals surface area contributed by atoms with E-state index in [-0.39, 0.29) is 11.4 Å². The zero-order chi connectivity index (χ0) is 17.2. The van der Waals surface area contributed by atoms with E-state index in [2.05, 4.69) is 9.71 Å². The van der Waals surface area contributed by atoms with Gasteiger partial charge in [-0.1, -0.05) is 0 Å². The van der Waals surface area contributed by atoms with Crippen LogP contribution in [0.5, 0.6) is 5.75 Å². The van der Waals surface area contributed by atoms with E-state index in [1.54, 1.807) is 24.5 Å². The average molecular weight is 364 g/mol. The van der Waals surface area contributed by atoms with E-state index in [1.807, 2.05) is 13.0 Å². The third kappa shape index (κ3) is 3.50. The van der Waals surface area contributed by atoms with E-state index in [0.717, 1.165) is 15.6 Å². The van der Waals surface area contributed by atoms with Crippen LogP contribution in [0.1, 0.15) is 10.6 Å². The highest BCUT2D eigenvalue weighted by atomic mass is 32.2. The van der Waals surface area contributed by atoms with Crippen molar-refractivity contribution >= 4 is 21.4 Å². The minimum Gasteiger partial charge on any atom is -0.497 e. The molecule has 0 unspecified atom stereocenters. The summed E-state index contributed by atoms with van der Waals surface area (Å²) in [6.07, 6.45) is 1.58. The van der Waals surface area contributed by atoms with Gasteiger partial charge in [0.1, 0.15) is 5.75 Å². The molecular weight excluding hydrogens is 348 g/mol. The first-order valence-electron chi connectivity index (χ1n) is 7.13. The molecule has 0 amide bonds. The van der Waals surface area contributed by atoms with Gasteiger partial charge < -0.3 is 9.15 Å². The number of aryl methyl sites for hydroxylation is 1. The van der Waals surface area contributed by atoms with Gasteiger partial charge in [-0.3, -0.25) is 0 Å². The third-order valence-electron chi connectivity index (χ3n) is 3.42. The van der Waals surface area contributed by atoms with E-state index in [9.17, 15) is 8.42 Å². The molecule has 2 heterocycles. The number of thiazole rings is 1. The van der Waals surface area contributed by atoms with Crippen LogP contribution in [-0.4, -0.2) is 20.5 Å². The fourth-order valence-corrected chi connectivity index (χ4v) is 4.15. The number of nitrogens with one attached hydrogen (secondary N) is 1. The SMILES string of the molecule is COc1ccc(S(=O)(=O)NCc2sc(-c3ccco3)nc2C)cc1. The van der Waals surface area contributed by atoms with Gasteiger partial charge in [0.15, 0.2) is 10.8 Å². The number of rotatable bonds is 6. The van der Waals surface area contributed by atoms with Gasteiger partial charge in [-0.05, 0) is 43.3 Å². The van der Waals surface area contributed by atoms with Gasteiger partial charge >= 0.3 is 0 Å². The second kappa shape index (κ2) is 6.76. The van der Waals surface area contributed by atoms with E-state index in [0.29, 0.717) is 11.5 Å². The first-order valence-corrected chi connectivity index (χ1v) is 9.43. The number of nitrogens with zero attached hydrogens (tertiary/aromatic N) is 1. The van der Waals surface area contributed by atoms with Crippen molar-refractivity contribution < 1.29 is 17.6 Å². The van der Waals surface area contributed by atoms with Crippen molar-refractivity contribution in [1.82, 2.24) is 9.71 Å². The van der Waals surface area contributed by atoms with Crippen LogP contribution in [0, 0.1) is 6.92 Å². The summed E-state index contributed by atoms with van der Waals surface area (Å²) in [4.78, 5) is 5.46. The molecule has 0 radical (unpaired) electrons. The lowest BCUT2D eigenvalue weighted by Gasteiger charge is -2.07. The van der Waals surface area contributed by atoms with Crippen LogP contribution in [0.4, 0.5) is 0 Å². The Morgan fingerprint density at radius 3 is 2.62 bits per heavy atom. The van der Waals surface area contributed by atoms with Gasteiger partial charge in [0.05, 0.1) is 24.0 Å². The largest absolute Gasteiger partial charge is 0.497 e. The number of furan rings is 1. The van der Waals surface area contributed by atoms with Crippen molar-refractivity contribution in [3.05, 3.63) is 53.2 Å². The minimum atomic E-state index is -3.59. The van der Waals surface area contributed by atoms with Gasteiger partial charge in [-0.25, -0.2) is 18.1 Å². The van der Waals surface area contributed by atoms with E-state index >= 15 is 0 Å². The van der Waals surface area contributed by atoms with Crippen LogP contribution >= 0.6 is 11.3 Å². The van der Waals surface area contributed by atoms with Gasteiger partial charge in [0.2, 0.25) is 10.0 Å². The Kier molecular flexibility index (Phi) is 4.70. The minimum absolute atomic E-state index is 0.179. The number of sulfonamides is 1. The molecule has 0 bridgehead atoms. The Bertz CT molecular complexity index is 914. The maximum absolute atomic E-state index is 12.4. The Morgan fingerprint density at radius 2 is 2.00 bits per heavy atom. The molecule has 0 fully saturated rings. The lowest BCUT2D eigenvalue weighted by molar-refractivity contribution is 0.414. The second-order valence-electron chi connectivity index (χ2n) is 5.00. The summed E-state index contributed by atoms with van der Waals surface area (Å²) in [7, 11) is -2.06. The topological polar surface area (TPSA) is 81.4 Å². The average Bonchev–Trinajstić information content (AvgIpc) is 3.23. The molecule has 3 rings (SSSR count). The molecule has 0 aliphatic carbocycles. The second-order valence-corrected chi connectivity index (χ2v) is 7.86. The Labute approximate surface area is 144 Å². The highest BCUT2D eigenvalue weighted by molar-refractivity contribution is 7.89. The van der Waals surface area contributed by atoms with Crippen LogP contribution in [0.3, 0.4) is 0 Å². The molecule has 126 valence electrons. The van der Waals surface area contributed by atoms with Crippen molar-refractivity contribution in [2.45, 2.75) is 18.4 Å². The number of methoxy groups -OCH3 is 1. The number of benzene rings is 1. The number of ether oxygens (including phenoxy) is 1. The lowest BCUT2D eigenvalue weighted by atomic mass is 10.3. The molecule has 3 aromatic rings. The van der Waals surface area contributed by atoms with Crippen molar-refractivity contribution in [2.75, 3.05) is 7.11 Å². The first kappa shape index (κ1) is 16.7. The summed E-state index contributed by atoms with van der Waals surface area (Å²) in [5.74, 6) is 1.28. The Balaban J connectivity index is 1.75. The van der Waals surface area contributed by atoms with Gasteiger partial charge in [0.25, 0.3) is 0 Å². The summed E-state index contributed by atoms with van der Waals surface area (Å²) < 4.78 is 37.7. The zero-order valence-electron chi connectivity index (χ0n) is 13.1.